The Morgan fingerprint density at radius 1 is 1.31 bits per heavy atom. The summed E-state index contributed by atoms with van der Waals surface area (Å²) in [6.45, 7) is 15.7. The highest BCUT2D eigenvalue weighted by Gasteiger charge is 2.55. The molecule has 5 atom stereocenters. The first-order valence-electron chi connectivity index (χ1n) is 10.7. The summed E-state index contributed by atoms with van der Waals surface area (Å²) in [7, 11) is 0. The molecule has 2 nitrogen and oxygen atoms in total. The first-order chi connectivity index (χ1) is 12.2. The van der Waals surface area contributed by atoms with Crippen LogP contribution in [0.15, 0.2) is 23.8 Å². The minimum absolute atomic E-state index is 0.0923. The summed E-state index contributed by atoms with van der Waals surface area (Å²) in [5.41, 5.74) is 2.71. The van der Waals surface area contributed by atoms with Crippen LogP contribution in [-0.2, 0) is 9.53 Å². The Kier molecular flexibility index (Phi) is 5.43. The second-order valence-corrected chi connectivity index (χ2v) is 10.3. The molecule has 0 aromatic carbocycles. The lowest BCUT2D eigenvalue weighted by Gasteiger charge is -2.59. The highest BCUT2D eigenvalue weighted by atomic mass is 16.5. The first-order valence-corrected chi connectivity index (χ1v) is 10.7. The van der Waals surface area contributed by atoms with Gasteiger partial charge in [-0.05, 0) is 74.5 Å². The van der Waals surface area contributed by atoms with Crippen LogP contribution in [-0.4, -0.2) is 12.6 Å². The summed E-state index contributed by atoms with van der Waals surface area (Å²) in [6, 6.07) is 0. The molecule has 146 valence electrons. The fourth-order valence-corrected chi connectivity index (χ4v) is 6.45. The zero-order chi connectivity index (χ0) is 19.1. The van der Waals surface area contributed by atoms with Gasteiger partial charge in [-0.3, -0.25) is 0 Å². The fraction of sp³-hybridized carbons (Fsp3) is 0.792. The van der Waals surface area contributed by atoms with E-state index in [2.05, 4.69) is 40.3 Å². The topological polar surface area (TPSA) is 26.3 Å². The standard InChI is InChI=1S/C24H38O2/c1-16(2)18-8-10-20-19(14-18)9-11-21-23(5,12-7-13-24(20,21)6)15-26-22(25)17(3)4/h9,16,18,20-21H,3,7-8,10-15H2,1-2,4-6H3/t18?,20-,21?,23-,24-/m1/s1. The van der Waals surface area contributed by atoms with Crippen LogP contribution in [0.2, 0.25) is 0 Å². The quantitative estimate of drug-likeness (QED) is 0.334. The van der Waals surface area contributed by atoms with E-state index in [0.717, 1.165) is 24.2 Å². The Morgan fingerprint density at radius 3 is 2.69 bits per heavy atom. The minimum Gasteiger partial charge on any atom is -0.462 e. The van der Waals surface area contributed by atoms with E-state index in [9.17, 15) is 4.79 Å². The van der Waals surface area contributed by atoms with Gasteiger partial charge in [0.05, 0.1) is 6.61 Å². The Bertz CT molecular complexity index is 601. The predicted octanol–water partition coefficient (Wildman–Crippen LogP) is 6.32. The van der Waals surface area contributed by atoms with Crippen molar-refractivity contribution in [1.29, 1.82) is 0 Å². The Hall–Kier alpha value is -1.05. The second-order valence-electron chi connectivity index (χ2n) is 10.3. The molecule has 3 aliphatic rings. The van der Waals surface area contributed by atoms with E-state index in [1.807, 2.05) is 0 Å². The molecule has 0 saturated heterocycles. The Labute approximate surface area is 160 Å². The fourth-order valence-electron chi connectivity index (χ4n) is 6.45. The van der Waals surface area contributed by atoms with Crippen LogP contribution in [0.5, 0.6) is 0 Å². The van der Waals surface area contributed by atoms with Crippen molar-refractivity contribution in [2.24, 2.45) is 34.5 Å². The molecule has 2 unspecified atom stereocenters. The highest BCUT2D eigenvalue weighted by molar-refractivity contribution is 5.86. The molecule has 0 N–H and O–H groups in total. The lowest BCUT2D eigenvalue weighted by Crippen LogP contribution is -2.52. The van der Waals surface area contributed by atoms with Crippen molar-refractivity contribution in [2.75, 3.05) is 6.61 Å². The molecular formula is C24H38O2. The molecule has 0 bridgehead atoms. The van der Waals surface area contributed by atoms with Gasteiger partial charge >= 0.3 is 5.97 Å². The number of fused-ring (bicyclic) bond motifs is 3. The molecule has 0 spiro atoms. The van der Waals surface area contributed by atoms with Crippen LogP contribution in [0.4, 0.5) is 0 Å². The van der Waals surface area contributed by atoms with Gasteiger partial charge in [-0.25, -0.2) is 4.79 Å². The normalized spacial score (nSPS) is 39.6. The number of esters is 1. The molecule has 0 amide bonds. The smallest absolute Gasteiger partial charge is 0.333 e. The van der Waals surface area contributed by atoms with E-state index in [0.29, 0.717) is 23.5 Å². The van der Waals surface area contributed by atoms with E-state index in [-0.39, 0.29) is 11.4 Å². The minimum atomic E-state index is -0.233. The number of hydrogen-bond donors (Lipinski definition) is 0. The molecule has 0 aromatic rings. The molecule has 3 rings (SSSR count). The van der Waals surface area contributed by atoms with Crippen molar-refractivity contribution in [1.82, 2.24) is 0 Å². The summed E-state index contributed by atoms with van der Waals surface area (Å²) >= 11 is 0. The van der Waals surface area contributed by atoms with E-state index < -0.39 is 0 Å². The van der Waals surface area contributed by atoms with Crippen molar-refractivity contribution in [2.45, 2.75) is 79.6 Å². The van der Waals surface area contributed by atoms with Gasteiger partial charge in [-0.2, -0.15) is 0 Å². The maximum Gasteiger partial charge on any atom is 0.333 e. The van der Waals surface area contributed by atoms with Gasteiger partial charge in [-0.15, -0.1) is 0 Å². The maximum atomic E-state index is 12.0. The lowest BCUT2D eigenvalue weighted by atomic mass is 9.46. The lowest BCUT2D eigenvalue weighted by molar-refractivity contribution is -0.149. The van der Waals surface area contributed by atoms with Crippen molar-refractivity contribution in [3.05, 3.63) is 23.8 Å². The van der Waals surface area contributed by atoms with E-state index in [1.54, 1.807) is 12.5 Å². The SMILES string of the molecule is C=C(C)C(=O)OC[C@@]1(C)CCC[C@@]2(C)C1CC=C1CC(C(C)C)CC[C@H]12. The number of rotatable bonds is 4. The van der Waals surface area contributed by atoms with Gasteiger partial charge in [0.1, 0.15) is 0 Å². The molecule has 0 aliphatic heterocycles. The third-order valence-electron chi connectivity index (χ3n) is 8.11. The molecule has 2 fully saturated rings. The average Bonchev–Trinajstić information content (AvgIpc) is 2.59. The first kappa shape index (κ1) is 19.7. The van der Waals surface area contributed by atoms with Crippen LogP contribution in [0.3, 0.4) is 0 Å². The zero-order valence-corrected chi connectivity index (χ0v) is 17.6. The van der Waals surface area contributed by atoms with Gasteiger partial charge < -0.3 is 4.74 Å². The highest BCUT2D eigenvalue weighted by Crippen LogP contribution is 2.62. The number of ether oxygens (including phenoxy) is 1. The predicted molar refractivity (Wildman–Crippen MR) is 108 cm³/mol. The van der Waals surface area contributed by atoms with Crippen LogP contribution in [0.1, 0.15) is 79.6 Å². The zero-order valence-electron chi connectivity index (χ0n) is 17.6. The summed E-state index contributed by atoms with van der Waals surface area (Å²) in [5, 5.41) is 0. The molecule has 26 heavy (non-hydrogen) atoms. The molecular weight excluding hydrogens is 320 g/mol. The van der Waals surface area contributed by atoms with Gasteiger partial charge in [0.25, 0.3) is 0 Å². The van der Waals surface area contributed by atoms with Crippen molar-refractivity contribution in [3.63, 3.8) is 0 Å². The monoisotopic (exact) mass is 358 g/mol. The van der Waals surface area contributed by atoms with Crippen molar-refractivity contribution < 1.29 is 9.53 Å². The maximum absolute atomic E-state index is 12.0. The van der Waals surface area contributed by atoms with Gasteiger partial charge in [0.2, 0.25) is 0 Å². The van der Waals surface area contributed by atoms with Gasteiger partial charge in [0, 0.05) is 11.0 Å². The van der Waals surface area contributed by atoms with Crippen LogP contribution >= 0.6 is 0 Å². The Morgan fingerprint density at radius 2 is 2.04 bits per heavy atom. The van der Waals surface area contributed by atoms with Crippen LogP contribution < -0.4 is 0 Å². The largest absolute Gasteiger partial charge is 0.462 e. The summed E-state index contributed by atoms with van der Waals surface area (Å²) < 4.78 is 5.67. The van der Waals surface area contributed by atoms with E-state index in [1.165, 1.54) is 38.5 Å². The third kappa shape index (κ3) is 3.41. The summed E-state index contributed by atoms with van der Waals surface area (Å²) in [4.78, 5) is 12.0. The van der Waals surface area contributed by atoms with Gasteiger partial charge in [-0.1, -0.05) is 52.3 Å². The number of carbonyl (C=O) groups is 1. The summed E-state index contributed by atoms with van der Waals surface area (Å²) in [6.07, 6.45) is 11.5. The van der Waals surface area contributed by atoms with E-state index in [4.69, 9.17) is 4.74 Å². The third-order valence-corrected chi connectivity index (χ3v) is 8.11. The molecule has 2 saturated carbocycles. The summed E-state index contributed by atoms with van der Waals surface area (Å²) in [5.74, 6) is 2.78. The number of hydrogen-bond acceptors (Lipinski definition) is 2. The van der Waals surface area contributed by atoms with Crippen molar-refractivity contribution in [3.8, 4) is 0 Å². The molecule has 2 heteroatoms. The number of allylic oxidation sites excluding steroid dienone is 2. The van der Waals surface area contributed by atoms with E-state index >= 15 is 0 Å². The number of carbonyl (C=O) groups excluding carboxylic acids is 1. The van der Waals surface area contributed by atoms with Crippen molar-refractivity contribution >= 4 is 5.97 Å². The van der Waals surface area contributed by atoms with Gasteiger partial charge in [0.15, 0.2) is 0 Å². The molecule has 3 aliphatic carbocycles. The average molecular weight is 359 g/mol. The van der Waals surface area contributed by atoms with Crippen LogP contribution in [0, 0.1) is 34.5 Å². The Balaban J connectivity index is 1.80. The molecule has 0 radical (unpaired) electrons. The van der Waals surface area contributed by atoms with Crippen LogP contribution in [0.25, 0.3) is 0 Å². The second kappa shape index (κ2) is 7.17. The molecule has 0 heterocycles. The molecule has 0 aromatic heterocycles.